The van der Waals surface area contributed by atoms with Gasteiger partial charge >= 0.3 is 0 Å². The van der Waals surface area contributed by atoms with Crippen LogP contribution in [0.15, 0.2) is 11.6 Å². The molecule has 0 saturated carbocycles. The van der Waals surface area contributed by atoms with Crippen LogP contribution in [-0.4, -0.2) is 50.3 Å². The van der Waals surface area contributed by atoms with Gasteiger partial charge in [0.25, 0.3) is 0 Å². The van der Waals surface area contributed by atoms with Crippen LogP contribution in [-0.2, 0) is 10.3 Å². The molecule has 1 atom stereocenters. The van der Waals surface area contributed by atoms with Crippen LogP contribution in [0.1, 0.15) is 11.4 Å². The molecule has 0 spiro atoms. The molecule has 16 heavy (non-hydrogen) atoms. The molecule has 0 radical (unpaired) electrons. The molecule has 1 saturated heterocycles. The molecule has 5 heteroatoms. The molecule has 2 rings (SSSR count). The molecule has 1 unspecified atom stereocenters. The van der Waals surface area contributed by atoms with E-state index >= 15 is 0 Å². The highest BCUT2D eigenvalue weighted by Crippen LogP contribution is 2.32. The molecule has 0 amide bonds. The predicted octanol–water partition coefficient (Wildman–Crippen LogP) is 0.910. The van der Waals surface area contributed by atoms with Crippen LogP contribution in [0.2, 0.25) is 0 Å². The summed E-state index contributed by atoms with van der Waals surface area (Å²) in [5, 5.41) is 6.86. The van der Waals surface area contributed by atoms with E-state index < -0.39 is 0 Å². The highest BCUT2D eigenvalue weighted by atomic mass is 32.1. The zero-order chi connectivity index (χ0) is 11.4. The van der Waals surface area contributed by atoms with Crippen molar-refractivity contribution in [1.29, 1.82) is 0 Å². The van der Waals surface area contributed by atoms with E-state index in [1.807, 2.05) is 11.6 Å². The number of likely N-dealkylation sites (tertiary alicyclic amines) is 1. The second kappa shape index (κ2) is 5.23. The Labute approximate surface area is 101 Å². The van der Waals surface area contributed by atoms with Crippen molar-refractivity contribution in [3.8, 4) is 0 Å². The minimum atomic E-state index is 0.0431. The SMILES string of the molecule is COCCNC1(c2nccs2)CCN(C)C1. The fourth-order valence-corrected chi connectivity index (χ4v) is 3.08. The monoisotopic (exact) mass is 241 g/mol. The highest BCUT2D eigenvalue weighted by Gasteiger charge is 2.39. The van der Waals surface area contributed by atoms with Crippen LogP contribution in [0.5, 0.6) is 0 Å². The quantitative estimate of drug-likeness (QED) is 0.778. The first kappa shape index (κ1) is 12.0. The van der Waals surface area contributed by atoms with Crippen molar-refractivity contribution in [2.45, 2.75) is 12.0 Å². The number of thiazole rings is 1. The number of ether oxygens (including phenoxy) is 1. The summed E-state index contributed by atoms with van der Waals surface area (Å²) in [6, 6.07) is 0. The molecule has 2 heterocycles. The van der Waals surface area contributed by atoms with Gasteiger partial charge in [-0.25, -0.2) is 4.98 Å². The van der Waals surface area contributed by atoms with Gasteiger partial charge in [-0.1, -0.05) is 0 Å². The van der Waals surface area contributed by atoms with E-state index in [1.165, 1.54) is 5.01 Å². The van der Waals surface area contributed by atoms with Gasteiger partial charge in [0.2, 0.25) is 0 Å². The third-order valence-electron chi connectivity index (χ3n) is 3.07. The summed E-state index contributed by atoms with van der Waals surface area (Å²) in [6.45, 7) is 3.78. The van der Waals surface area contributed by atoms with E-state index in [0.29, 0.717) is 0 Å². The lowest BCUT2D eigenvalue weighted by atomic mass is 9.99. The number of nitrogens with one attached hydrogen (secondary N) is 1. The van der Waals surface area contributed by atoms with Crippen LogP contribution in [0, 0.1) is 0 Å². The topological polar surface area (TPSA) is 37.4 Å². The van der Waals surface area contributed by atoms with Gasteiger partial charge in [-0.3, -0.25) is 0 Å². The number of hydrogen-bond donors (Lipinski definition) is 1. The normalized spacial score (nSPS) is 26.4. The van der Waals surface area contributed by atoms with Gasteiger partial charge in [0.05, 0.1) is 12.1 Å². The summed E-state index contributed by atoms with van der Waals surface area (Å²) >= 11 is 1.74. The minimum absolute atomic E-state index is 0.0431. The number of likely N-dealkylation sites (N-methyl/N-ethyl adjacent to an activating group) is 1. The number of methoxy groups -OCH3 is 1. The molecule has 1 fully saturated rings. The van der Waals surface area contributed by atoms with E-state index in [-0.39, 0.29) is 5.54 Å². The largest absolute Gasteiger partial charge is 0.383 e. The van der Waals surface area contributed by atoms with Crippen molar-refractivity contribution < 1.29 is 4.74 Å². The van der Waals surface area contributed by atoms with E-state index in [4.69, 9.17) is 4.74 Å². The fraction of sp³-hybridized carbons (Fsp3) is 0.727. The summed E-state index contributed by atoms with van der Waals surface area (Å²) in [5.41, 5.74) is 0.0431. The van der Waals surface area contributed by atoms with Crippen LogP contribution in [0.4, 0.5) is 0 Å². The number of hydrogen-bond acceptors (Lipinski definition) is 5. The Bertz CT molecular complexity index is 317. The minimum Gasteiger partial charge on any atom is -0.383 e. The molecular formula is C11H19N3OS. The number of rotatable bonds is 5. The van der Waals surface area contributed by atoms with Crippen LogP contribution < -0.4 is 5.32 Å². The molecule has 1 aromatic rings. The Morgan fingerprint density at radius 2 is 2.56 bits per heavy atom. The van der Waals surface area contributed by atoms with Gasteiger partial charge in [0.1, 0.15) is 5.01 Å². The van der Waals surface area contributed by atoms with E-state index in [0.717, 1.165) is 32.7 Å². The summed E-state index contributed by atoms with van der Waals surface area (Å²) in [7, 11) is 3.89. The third kappa shape index (κ3) is 2.43. The molecule has 4 nitrogen and oxygen atoms in total. The molecule has 0 aromatic carbocycles. The van der Waals surface area contributed by atoms with Gasteiger partial charge in [0, 0.05) is 38.3 Å². The van der Waals surface area contributed by atoms with E-state index in [9.17, 15) is 0 Å². The van der Waals surface area contributed by atoms with Crippen molar-refractivity contribution in [1.82, 2.24) is 15.2 Å². The second-order valence-electron chi connectivity index (χ2n) is 4.33. The molecule has 1 aromatic heterocycles. The first-order valence-corrected chi connectivity index (χ1v) is 6.47. The lowest BCUT2D eigenvalue weighted by Gasteiger charge is -2.28. The maximum atomic E-state index is 5.10. The zero-order valence-corrected chi connectivity index (χ0v) is 10.7. The predicted molar refractivity (Wildman–Crippen MR) is 65.8 cm³/mol. The first-order valence-electron chi connectivity index (χ1n) is 5.59. The standard InChI is InChI=1S/C11H19N3OS/c1-14-6-3-11(9-14,13-4-7-15-2)10-12-5-8-16-10/h5,8,13H,3-4,6-7,9H2,1-2H3. The Hall–Kier alpha value is -0.490. The van der Waals surface area contributed by atoms with Crippen molar-refractivity contribution in [3.05, 3.63) is 16.6 Å². The molecule has 1 aliphatic heterocycles. The average Bonchev–Trinajstić information content (AvgIpc) is 2.88. The van der Waals surface area contributed by atoms with Gasteiger partial charge in [-0.05, 0) is 13.5 Å². The van der Waals surface area contributed by atoms with Crippen molar-refractivity contribution in [2.75, 3.05) is 40.4 Å². The first-order chi connectivity index (χ1) is 7.77. The van der Waals surface area contributed by atoms with Gasteiger partial charge in [-0.15, -0.1) is 11.3 Å². The van der Waals surface area contributed by atoms with Crippen LogP contribution in [0.3, 0.4) is 0 Å². The van der Waals surface area contributed by atoms with Gasteiger partial charge in [0.15, 0.2) is 0 Å². The van der Waals surface area contributed by atoms with Gasteiger partial charge < -0.3 is 15.0 Å². The summed E-state index contributed by atoms with van der Waals surface area (Å²) < 4.78 is 5.10. The second-order valence-corrected chi connectivity index (χ2v) is 5.22. The highest BCUT2D eigenvalue weighted by molar-refractivity contribution is 7.09. The Morgan fingerprint density at radius 1 is 1.69 bits per heavy atom. The summed E-state index contributed by atoms with van der Waals surface area (Å²) in [5.74, 6) is 0. The molecule has 0 aliphatic carbocycles. The Balaban J connectivity index is 2.08. The smallest absolute Gasteiger partial charge is 0.114 e. The Kier molecular flexibility index (Phi) is 3.91. The third-order valence-corrected chi connectivity index (χ3v) is 4.05. The maximum absolute atomic E-state index is 5.10. The fourth-order valence-electron chi connectivity index (χ4n) is 2.25. The number of nitrogens with zero attached hydrogens (tertiary/aromatic N) is 2. The van der Waals surface area contributed by atoms with Crippen LogP contribution >= 0.6 is 11.3 Å². The zero-order valence-electron chi connectivity index (χ0n) is 9.90. The average molecular weight is 241 g/mol. The summed E-state index contributed by atoms with van der Waals surface area (Å²) in [4.78, 5) is 6.82. The molecular weight excluding hydrogens is 222 g/mol. The van der Waals surface area contributed by atoms with Crippen molar-refractivity contribution in [2.24, 2.45) is 0 Å². The van der Waals surface area contributed by atoms with Crippen LogP contribution in [0.25, 0.3) is 0 Å². The molecule has 1 N–H and O–H groups in total. The number of aromatic nitrogens is 1. The molecule has 1 aliphatic rings. The summed E-state index contributed by atoms with van der Waals surface area (Å²) in [6.07, 6.45) is 3.01. The Morgan fingerprint density at radius 3 is 3.12 bits per heavy atom. The lowest BCUT2D eigenvalue weighted by molar-refractivity contribution is 0.183. The van der Waals surface area contributed by atoms with Crippen molar-refractivity contribution in [3.63, 3.8) is 0 Å². The van der Waals surface area contributed by atoms with E-state index in [2.05, 4.69) is 22.2 Å². The maximum Gasteiger partial charge on any atom is 0.114 e. The van der Waals surface area contributed by atoms with E-state index in [1.54, 1.807) is 18.4 Å². The van der Waals surface area contributed by atoms with Crippen molar-refractivity contribution >= 4 is 11.3 Å². The lowest BCUT2D eigenvalue weighted by Crippen LogP contribution is -2.45. The molecule has 0 bridgehead atoms. The molecule has 90 valence electrons. The van der Waals surface area contributed by atoms with Gasteiger partial charge in [-0.2, -0.15) is 0 Å².